The van der Waals surface area contributed by atoms with E-state index in [2.05, 4.69) is 168 Å². The molecule has 0 bridgehead atoms. The monoisotopic (exact) mass is 688 g/mol. The van der Waals surface area contributed by atoms with Crippen molar-refractivity contribution < 1.29 is 0 Å². The van der Waals surface area contributed by atoms with Crippen molar-refractivity contribution in [2.24, 2.45) is 0 Å². The number of para-hydroxylation sites is 2. The summed E-state index contributed by atoms with van der Waals surface area (Å²) in [4.78, 5) is 17.5. The van der Waals surface area contributed by atoms with Crippen LogP contribution in [0, 0.1) is 0 Å². The maximum Gasteiger partial charge on any atom is 0.0886 e. The molecule has 0 N–H and O–H groups in total. The largest absolute Gasteiger partial charge is 0.310 e. The molecule has 3 aromatic heterocycles. The molecule has 6 aromatic carbocycles. The number of fused-ring (bicyclic) bond motifs is 11. The third-order valence-electron chi connectivity index (χ3n) is 11.1. The Labute approximate surface area is 313 Å². The molecule has 1 spiro atoms. The first kappa shape index (κ1) is 30.5. The summed E-state index contributed by atoms with van der Waals surface area (Å²) in [5.74, 6) is 0. The molecule has 1 aliphatic carbocycles. The maximum atomic E-state index is 5.64. The second kappa shape index (κ2) is 11.9. The van der Waals surface area contributed by atoms with Gasteiger partial charge in [0.05, 0.1) is 39.6 Å². The highest BCUT2D eigenvalue weighted by molar-refractivity contribution is 6.06. The summed E-state index contributed by atoms with van der Waals surface area (Å²) in [6, 6.07) is 65.2. The molecule has 4 nitrogen and oxygen atoms in total. The van der Waals surface area contributed by atoms with Crippen molar-refractivity contribution in [3.05, 3.63) is 217 Å². The number of rotatable bonds is 4. The van der Waals surface area contributed by atoms with E-state index in [4.69, 9.17) is 9.97 Å². The summed E-state index contributed by atoms with van der Waals surface area (Å²) in [5.41, 5.74) is 15.9. The molecular weight excluding hydrogens is 657 g/mol. The summed E-state index contributed by atoms with van der Waals surface area (Å²) >= 11 is 0. The van der Waals surface area contributed by atoms with Gasteiger partial charge in [-0.2, -0.15) is 0 Å². The first-order valence-corrected chi connectivity index (χ1v) is 18.4. The van der Waals surface area contributed by atoms with E-state index in [0.29, 0.717) is 0 Å². The zero-order valence-corrected chi connectivity index (χ0v) is 29.3. The molecule has 54 heavy (non-hydrogen) atoms. The van der Waals surface area contributed by atoms with Crippen molar-refractivity contribution in [1.82, 2.24) is 15.0 Å². The standard InChI is InChI=1S/C50H32N4/c1-2-15-33(16-3-1)34-17-14-18-36(31-34)54-45-26-10-8-23-41(45)50(42-24-9-11-27-46(42)54)40-22-7-6-21-39(40)49-47(50)37-19-4-5-20-38(37)48(53-49)35-28-29-44(52-32-35)43-25-12-13-30-51-43/h1-32H. The molecule has 11 rings (SSSR count). The van der Waals surface area contributed by atoms with Gasteiger partial charge >= 0.3 is 0 Å². The smallest absolute Gasteiger partial charge is 0.0886 e. The second-order valence-corrected chi connectivity index (χ2v) is 14.0. The lowest BCUT2D eigenvalue weighted by Crippen LogP contribution is -2.36. The molecule has 0 saturated carbocycles. The number of hydrogen-bond acceptors (Lipinski definition) is 4. The van der Waals surface area contributed by atoms with E-state index < -0.39 is 5.41 Å². The topological polar surface area (TPSA) is 41.9 Å². The average Bonchev–Trinajstić information content (AvgIpc) is 3.55. The van der Waals surface area contributed by atoms with E-state index in [1.807, 2.05) is 30.5 Å². The van der Waals surface area contributed by atoms with Crippen molar-refractivity contribution in [2.75, 3.05) is 4.90 Å². The van der Waals surface area contributed by atoms with Gasteiger partial charge < -0.3 is 4.90 Å². The predicted octanol–water partition coefficient (Wildman–Crippen LogP) is 12.2. The van der Waals surface area contributed by atoms with E-state index in [-0.39, 0.29) is 0 Å². The number of benzene rings is 6. The van der Waals surface area contributed by atoms with Gasteiger partial charge in [-0.1, -0.05) is 133 Å². The quantitative estimate of drug-likeness (QED) is 0.185. The molecule has 9 aromatic rings. The fraction of sp³-hybridized carbons (Fsp3) is 0.0200. The summed E-state index contributed by atoms with van der Waals surface area (Å²) in [5, 5.41) is 2.29. The van der Waals surface area contributed by atoms with Crippen LogP contribution >= 0.6 is 0 Å². The van der Waals surface area contributed by atoms with Gasteiger partial charge in [0.1, 0.15) is 0 Å². The minimum absolute atomic E-state index is 0.612. The minimum atomic E-state index is -0.612. The summed E-state index contributed by atoms with van der Waals surface area (Å²) in [7, 11) is 0. The second-order valence-electron chi connectivity index (χ2n) is 14.0. The van der Waals surface area contributed by atoms with Gasteiger partial charge in [0.25, 0.3) is 0 Å². The third kappa shape index (κ3) is 4.34. The molecule has 0 atom stereocenters. The molecule has 0 unspecified atom stereocenters. The van der Waals surface area contributed by atoms with Gasteiger partial charge in [-0.15, -0.1) is 0 Å². The third-order valence-corrected chi connectivity index (χ3v) is 11.1. The molecule has 0 fully saturated rings. The SMILES string of the molecule is c1ccc(-c2cccc(N3c4ccccc4C4(c5ccccc5-c5nc(-c6ccc(-c7ccccn7)nc6)c6ccccc6c54)c4ccccc43)c2)cc1. The van der Waals surface area contributed by atoms with Crippen molar-refractivity contribution in [3.8, 4) is 45.0 Å². The van der Waals surface area contributed by atoms with E-state index in [0.717, 1.165) is 56.4 Å². The van der Waals surface area contributed by atoms with Crippen molar-refractivity contribution in [3.63, 3.8) is 0 Å². The Hall–Kier alpha value is -7.17. The fourth-order valence-corrected chi connectivity index (χ4v) is 8.95. The Morgan fingerprint density at radius 2 is 1.07 bits per heavy atom. The van der Waals surface area contributed by atoms with Crippen LogP contribution < -0.4 is 4.90 Å². The number of hydrogen-bond donors (Lipinski definition) is 0. The average molecular weight is 689 g/mol. The first-order chi connectivity index (χ1) is 26.8. The summed E-state index contributed by atoms with van der Waals surface area (Å²) < 4.78 is 0. The van der Waals surface area contributed by atoms with Gasteiger partial charge in [-0.05, 0) is 81.7 Å². The Bertz CT molecular complexity index is 2830. The van der Waals surface area contributed by atoms with E-state index in [9.17, 15) is 0 Å². The van der Waals surface area contributed by atoms with Gasteiger partial charge in [-0.3, -0.25) is 9.97 Å². The zero-order valence-electron chi connectivity index (χ0n) is 29.3. The van der Waals surface area contributed by atoms with Crippen molar-refractivity contribution >= 4 is 27.8 Å². The van der Waals surface area contributed by atoms with Gasteiger partial charge in [0, 0.05) is 40.2 Å². The van der Waals surface area contributed by atoms with Crippen LogP contribution in [0.25, 0.3) is 55.8 Å². The van der Waals surface area contributed by atoms with Crippen LogP contribution in [-0.4, -0.2) is 15.0 Å². The summed E-state index contributed by atoms with van der Waals surface area (Å²) in [6.45, 7) is 0. The fourth-order valence-electron chi connectivity index (χ4n) is 8.95. The highest BCUT2D eigenvalue weighted by Crippen LogP contribution is 2.64. The van der Waals surface area contributed by atoms with Crippen LogP contribution in [0.2, 0.25) is 0 Å². The van der Waals surface area contributed by atoms with Crippen molar-refractivity contribution in [2.45, 2.75) is 5.41 Å². The van der Waals surface area contributed by atoms with Gasteiger partial charge in [-0.25, -0.2) is 4.98 Å². The lowest BCUT2D eigenvalue weighted by molar-refractivity contribution is 0.757. The molecule has 0 amide bonds. The van der Waals surface area contributed by atoms with Crippen molar-refractivity contribution in [1.29, 1.82) is 0 Å². The van der Waals surface area contributed by atoms with Gasteiger partial charge in [0.15, 0.2) is 0 Å². The molecule has 0 radical (unpaired) electrons. The Balaban J connectivity index is 1.18. The van der Waals surface area contributed by atoms with Crippen LogP contribution in [0.5, 0.6) is 0 Å². The Morgan fingerprint density at radius 1 is 0.426 bits per heavy atom. The van der Waals surface area contributed by atoms with Crippen LogP contribution in [-0.2, 0) is 5.41 Å². The number of nitrogens with zero attached hydrogens (tertiary/aromatic N) is 4. The minimum Gasteiger partial charge on any atom is -0.310 e. The van der Waals surface area contributed by atoms with Gasteiger partial charge in [0.2, 0.25) is 0 Å². The van der Waals surface area contributed by atoms with Crippen LogP contribution in [0.3, 0.4) is 0 Å². The molecule has 4 heteroatoms. The van der Waals surface area contributed by atoms with E-state index in [1.165, 1.54) is 38.8 Å². The highest BCUT2D eigenvalue weighted by Gasteiger charge is 2.53. The number of pyridine rings is 3. The predicted molar refractivity (Wildman–Crippen MR) is 219 cm³/mol. The molecule has 252 valence electrons. The van der Waals surface area contributed by atoms with Crippen LogP contribution in [0.4, 0.5) is 17.1 Å². The first-order valence-electron chi connectivity index (χ1n) is 18.4. The molecule has 4 heterocycles. The molecule has 0 saturated heterocycles. The van der Waals surface area contributed by atoms with Crippen LogP contribution in [0.1, 0.15) is 22.3 Å². The summed E-state index contributed by atoms with van der Waals surface area (Å²) in [6.07, 6.45) is 3.74. The Kier molecular flexibility index (Phi) is 6.73. The number of anilines is 3. The van der Waals surface area contributed by atoms with E-state index in [1.54, 1.807) is 6.20 Å². The zero-order chi connectivity index (χ0) is 35.6. The number of aromatic nitrogens is 3. The Morgan fingerprint density at radius 3 is 1.81 bits per heavy atom. The molecule has 1 aliphatic heterocycles. The lowest BCUT2D eigenvalue weighted by Gasteiger charge is -2.45. The maximum absolute atomic E-state index is 5.64. The molecular formula is C50H32N4. The molecule has 2 aliphatic rings. The lowest BCUT2D eigenvalue weighted by atomic mass is 9.64. The highest BCUT2D eigenvalue weighted by atomic mass is 15.2. The van der Waals surface area contributed by atoms with E-state index >= 15 is 0 Å². The normalized spacial score (nSPS) is 13.3. The van der Waals surface area contributed by atoms with Crippen LogP contribution in [0.15, 0.2) is 194 Å².